The molecule has 0 saturated carbocycles. The molecule has 0 spiro atoms. The van der Waals surface area contributed by atoms with Crippen molar-refractivity contribution in [1.29, 1.82) is 0 Å². The van der Waals surface area contributed by atoms with E-state index in [0.717, 1.165) is 25.9 Å². The second-order valence-corrected chi connectivity index (χ2v) is 13.8. The normalized spacial score (nSPS) is 30.7. The van der Waals surface area contributed by atoms with Gasteiger partial charge in [-0.25, -0.2) is 9.48 Å². The summed E-state index contributed by atoms with van der Waals surface area (Å²) in [6.07, 6.45) is 3.53. The molecule has 15 nitrogen and oxygen atoms in total. The molecule has 0 unspecified atom stereocenters. The van der Waals surface area contributed by atoms with E-state index in [0.29, 0.717) is 37.0 Å². The van der Waals surface area contributed by atoms with Crippen molar-refractivity contribution in [2.75, 3.05) is 39.3 Å². The summed E-state index contributed by atoms with van der Waals surface area (Å²) in [5.41, 5.74) is 0.0478. The molecule has 16 heteroatoms. The third kappa shape index (κ3) is 5.77. The van der Waals surface area contributed by atoms with Gasteiger partial charge in [0.2, 0.25) is 17.7 Å². The van der Waals surface area contributed by atoms with Crippen LogP contribution >= 0.6 is 11.8 Å². The lowest BCUT2D eigenvalue weighted by molar-refractivity contribution is -0.159. The second-order valence-electron chi connectivity index (χ2n) is 12.4. The highest BCUT2D eigenvalue weighted by Gasteiger charge is 2.60. The number of amides is 3. The van der Waals surface area contributed by atoms with E-state index in [2.05, 4.69) is 31.1 Å². The molecule has 0 aromatic carbocycles. The molecule has 0 bridgehead atoms. The molecule has 0 aliphatic carbocycles. The van der Waals surface area contributed by atoms with Crippen molar-refractivity contribution in [3.8, 4) is 0 Å². The number of thioether (sulfide) groups is 1. The van der Waals surface area contributed by atoms with Gasteiger partial charge in [-0.1, -0.05) is 13.8 Å². The smallest absolute Gasteiger partial charge is 0.353 e. The number of carbonyl (C=O) groups is 4. The predicted molar refractivity (Wildman–Crippen MR) is 153 cm³/mol. The number of aromatic nitrogens is 4. The number of carboxylic acids is 1. The van der Waals surface area contributed by atoms with Crippen molar-refractivity contribution in [3.05, 3.63) is 16.9 Å². The summed E-state index contributed by atoms with van der Waals surface area (Å²) in [4.78, 5) is 57.5. The fraction of sp³-hybridized carbons (Fsp3) is 0.741. The van der Waals surface area contributed by atoms with Gasteiger partial charge in [-0.05, 0) is 35.6 Å². The van der Waals surface area contributed by atoms with E-state index in [1.807, 2.05) is 18.7 Å². The number of tetrazole rings is 1. The summed E-state index contributed by atoms with van der Waals surface area (Å²) in [6.45, 7) is 7.52. The number of fused-ring (bicyclic) bond motifs is 1. The molecule has 6 rings (SSSR count). The molecule has 5 aliphatic heterocycles. The van der Waals surface area contributed by atoms with Crippen molar-refractivity contribution in [3.63, 3.8) is 0 Å². The minimum atomic E-state index is -1.12. The first-order valence-corrected chi connectivity index (χ1v) is 15.9. The van der Waals surface area contributed by atoms with E-state index in [-0.39, 0.29) is 71.8 Å². The number of aliphatic carboxylic acids is 1. The van der Waals surface area contributed by atoms with E-state index < -0.39 is 11.9 Å². The molecule has 234 valence electrons. The zero-order valence-corrected chi connectivity index (χ0v) is 25.1. The van der Waals surface area contributed by atoms with Crippen LogP contribution in [-0.2, 0) is 25.7 Å². The van der Waals surface area contributed by atoms with Gasteiger partial charge in [0.15, 0.2) is 0 Å². The molecule has 1 aromatic heterocycles. The number of aliphatic hydroxyl groups is 1. The molecular weight excluding hydrogens is 578 g/mol. The summed E-state index contributed by atoms with van der Waals surface area (Å²) in [7, 11) is 0. The second kappa shape index (κ2) is 12.1. The first-order valence-electron chi connectivity index (χ1n) is 15.0. The Labute approximate surface area is 253 Å². The fourth-order valence-electron chi connectivity index (χ4n) is 7.24. The summed E-state index contributed by atoms with van der Waals surface area (Å²) in [5, 5.41) is 36.6. The van der Waals surface area contributed by atoms with Gasteiger partial charge < -0.3 is 30.6 Å². The molecular formula is C27H39N9O6S. The van der Waals surface area contributed by atoms with Gasteiger partial charge in [0.25, 0.3) is 0 Å². The molecule has 6 atom stereocenters. The van der Waals surface area contributed by atoms with Crippen LogP contribution in [0.2, 0.25) is 0 Å². The van der Waals surface area contributed by atoms with Crippen LogP contribution in [0.4, 0.5) is 0 Å². The Hall–Kier alpha value is -3.08. The van der Waals surface area contributed by atoms with Crippen LogP contribution in [0.1, 0.15) is 33.1 Å². The highest BCUT2D eigenvalue weighted by molar-refractivity contribution is 8.03. The Balaban J connectivity index is 1.02. The molecule has 43 heavy (non-hydrogen) atoms. The van der Waals surface area contributed by atoms with Crippen LogP contribution in [0, 0.1) is 17.8 Å². The fourth-order valence-corrected chi connectivity index (χ4v) is 8.72. The molecule has 3 amide bonds. The number of piperidine rings is 1. The highest BCUT2D eigenvalue weighted by atomic mass is 32.2. The molecule has 4 N–H and O–H groups in total. The zero-order chi connectivity index (χ0) is 30.4. The summed E-state index contributed by atoms with van der Waals surface area (Å²) >= 11 is 1.48. The lowest BCUT2D eigenvalue weighted by atomic mass is 9.75. The minimum absolute atomic E-state index is 0.0103. The number of nitrogens with one attached hydrogen (secondary N) is 2. The van der Waals surface area contributed by atoms with Crippen molar-refractivity contribution >= 4 is 35.5 Å². The number of β-lactam (4-membered cyclic amide) rings is 1. The van der Waals surface area contributed by atoms with Crippen molar-refractivity contribution < 1.29 is 29.4 Å². The average molecular weight is 618 g/mol. The topological polar surface area (TPSA) is 186 Å². The van der Waals surface area contributed by atoms with Gasteiger partial charge in [-0.2, -0.15) is 0 Å². The lowest BCUT2D eigenvalue weighted by Gasteiger charge is -2.47. The number of aliphatic hydroxyl groups excluding tert-OH is 1. The maximum atomic E-state index is 13.3. The predicted octanol–water partition coefficient (Wildman–Crippen LogP) is -1.67. The number of carboxylic acid groups (broad SMARTS) is 1. The Morgan fingerprint density at radius 3 is 2.63 bits per heavy atom. The van der Waals surface area contributed by atoms with Crippen LogP contribution in [0.15, 0.2) is 16.9 Å². The molecule has 0 radical (unpaired) electrons. The van der Waals surface area contributed by atoms with Crippen LogP contribution in [0.25, 0.3) is 0 Å². The van der Waals surface area contributed by atoms with E-state index in [4.69, 9.17) is 0 Å². The first kappa shape index (κ1) is 30.0. The Morgan fingerprint density at radius 1 is 1.23 bits per heavy atom. The number of hydrogen-bond acceptors (Lipinski definition) is 11. The van der Waals surface area contributed by atoms with Gasteiger partial charge in [-0.3, -0.25) is 19.3 Å². The molecule has 5 aliphatic rings. The number of likely N-dealkylation sites (tertiary alicyclic amines) is 2. The largest absolute Gasteiger partial charge is 0.477 e. The molecule has 4 fully saturated rings. The summed E-state index contributed by atoms with van der Waals surface area (Å²) in [5.74, 6) is -2.32. The number of hydrogen-bond donors (Lipinski definition) is 4. The van der Waals surface area contributed by atoms with E-state index >= 15 is 0 Å². The minimum Gasteiger partial charge on any atom is -0.477 e. The van der Waals surface area contributed by atoms with Gasteiger partial charge in [0.05, 0.1) is 24.1 Å². The third-order valence-electron chi connectivity index (χ3n) is 9.59. The number of rotatable bonds is 10. The maximum Gasteiger partial charge on any atom is 0.353 e. The van der Waals surface area contributed by atoms with Gasteiger partial charge in [0, 0.05) is 61.4 Å². The van der Waals surface area contributed by atoms with E-state index in [9.17, 15) is 29.4 Å². The number of nitrogens with zero attached hydrogens (tertiary/aromatic N) is 7. The Bertz CT molecular complexity index is 1280. The molecule has 4 saturated heterocycles. The third-order valence-corrected chi connectivity index (χ3v) is 11.1. The zero-order valence-electron chi connectivity index (χ0n) is 24.3. The lowest BCUT2D eigenvalue weighted by Crippen LogP contribution is -2.63. The average Bonchev–Trinajstić information content (AvgIpc) is 3.70. The SMILES string of the molecule is C[C@@H](CNC(=O)Cn1cnnn1)[C@H]1C(=O)N2C(C(=O)O)=C(S[C@@H]3CN[C@H](C(=O)N4CCC(N5CC(O)C5)CC4)C3)[C@H](C)[C@H]12. The van der Waals surface area contributed by atoms with E-state index in [1.54, 1.807) is 0 Å². The van der Waals surface area contributed by atoms with Gasteiger partial charge >= 0.3 is 5.97 Å². The van der Waals surface area contributed by atoms with Gasteiger partial charge in [-0.15, -0.1) is 16.9 Å². The standard InChI is InChI=1S/C27H39N9O6S/c1-14(8-29-20(38)12-35-13-30-31-32-35)21-22-15(2)24(23(27(41)42)36(22)26(21)40)43-18-7-19(28-9-18)25(39)33-5-3-16(4-6-33)34-10-17(37)11-34/h13-19,21-22,28,37H,3-12H2,1-2H3,(H,29,38)(H,41,42)/t14-,15+,18-,19-,21+,22+/m0/s1. The van der Waals surface area contributed by atoms with Gasteiger partial charge in [0.1, 0.15) is 18.6 Å². The molecule has 6 heterocycles. The van der Waals surface area contributed by atoms with Crippen LogP contribution in [-0.4, -0.2) is 138 Å². The highest BCUT2D eigenvalue weighted by Crippen LogP contribution is 2.52. The van der Waals surface area contributed by atoms with Crippen molar-refractivity contribution in [1.82, 2.24) is 45.5 Å². The Morgan fingerprint density at radius 2 is 1.98 bits per heavy atom. The van der Waals surface area contributed by atoms with E-state index in [1.165, 1.54) is 27.7 Å². The number of carbonyl (C=O) groups excluding carboxylic acids is 3. The van der Waals surface area contributed by atoms with Crippen LogP contribution in [0.3, 0.4) is 0 Å². The monoisotopic (exact) mass is 617 g/mol. The van der Waals surface area contributed by atoms with Crippen molar-refractivity contribution in [2.24, 2.45) is 17.8 Å². The Kier molecular flexibility index (Phi) is 8.45. The first-order chi connectivity index (χ1) is 20.6. The summed E-state index contributed by atoms with van der Waals surface area (Å²) in [6, 6.07) is -0.174. The van der Waals surface area contributed by atoms with Crippen LogP contribution in [0.5, 0.6) is 0 Å². The quantitative estimate of drug-likeness (QED) is 0.219. The number of β-amino-alcohol motifs (C(OH)–C–C–N with tert-alkyl or cyclic N) is 1. The molecule has 1 aromatic rings. The maximum absolute atomic E-state index is 13.3. The summed E-state index contributed by atoms with van der Waals surface area (Å²) < 4.78 is 1.31. The van der Waals surface area contributed by atoms with Crippen LogP contribution < -0.4 is 10.6 Å². The van der Waals surface area contributed by atoms with Crippen molar-refractivity contribution in [2.45, 2.75) is 69.1 Å².